The van der Waals surface area contributed by atoms with Gasteiger partial charge < -0.3 is 25.2 Å². The number of hydrogen-bond acceptors (Lipinski definition) is 4. The van der Waals surface area contributed by atoms with Gasteiger partial charge in [0.2, 0.25) is 0 Å². The Morgan fingerprint density at radius 1 is 1.11 bits per heavy atom. The first-order chi connectivity index (χ1) is 13.1. The van der Waals surface area contributed by atoms with Gasteiger partial charge in [0, 0.05) is 39.8 Å². The maximum absolute atomic E-state index is 5.23. The first kappa shape index (κ1) is 21.5. The number of nitrogens with zero attached hydrogens (tertiary/aromatic N) is 3. The SMILES string of the molecule is CN=C(NCCC(C)c1ccc(OC)cc1)NCCN1CCCN(C)CC1. The minimum atomic E-state index is 0.496. The molecule has 1 aliphatic rings. The second-order valence-electron chi connectivity index (χ2n) is 7.39. The summed E-state index contributed by atoms with van der Waals surface area (Å²) in [7, 11) is 5.75. The van der Waals surface area contributed by atoms with Crippen LogP contribution in [-0.4, -0.2) is 82.8 Å². The molecule has 1 saturated heterocycles. The fraction of sp³-hybridized carbons (Fsp3) is 0.667. The second-order valence-corrected chi connectivity index (χ2v) is 7.39. The summed E-state index contributed by atoms with van der Waals surface area (Å²) in [5.41, 5.74) is 1.34. The lowest BCUT2D eigenvalue weighted by Crippen LogP contribution is -2.42. The van der Waals surface area contributed by atoms with Crippen LogP contribution in [0.1, 0.15) is 31.2 Å². The van der Waals surface area contributed by atoms with Gasteiger partial charge >= 0.3 is 0 Å². The molecule has 2 N–H and O–H groups in total. The van der Waals surface area contributed by atoms with Crippen LogP contribution in [-0.2, 0) is 0 Å². The molecule has 6 nitrogen and oxygen atoms in total. The van der Waals surface area contributed by atoms with E-state index in [2.05, 4.69) is 51.5 Å². The number of guanidine groups is 1. The van der Waals surface area contributed by atoms with E-state index >= 15 is 0 Å². The van der Waals surface area contributed by atoms with Gasteiger partial charge in [0.15, 0.2) is 5.96 Å². The summed E-state index contributed by atoms with van der Waals surface area (Å²) in [5, 5.41) is 6.88. The third-order valence-electron chi connectivity index (χ3n) is 5.31. The normalized spacial score (nSPS) is 18.0. The Hall–Kier alpha value is -1.79. The molecular weight excluding hydrogens is 338 g/mol. The molecule has 6 heteroatoms. The van der Waals surface area contributed by atoms with E-state index in [1.54, 1.807) is 7.11 Å². The number of ether oxygens (including phenoxy) is 1. The number of hydrogen-bond donors (Lipinski definition) is 2. The van der Waals surface area contributed by atoms with E-state index in [-0.39, 0.29) is 0 Å². The van der Waals surface area contributed by atoms with Crippen LogP contribution >= 0.6 is 0 Å². The van der Waals surface area contributed by atoms with Crippen LogP contribution in [0.4, 0.5) is 0 Å². The van der Waals surface area contributed by atoms with Crippen LogP contribution in [0.3, 0.4) is 0 Å². The number of methoxy groups -OCH3 is 1. The Kier molecular flexibility index (Phi) is 9.42. The average molecular weight is 376 g/mol. The highest BCUT2D eigenvalue weighted by Crippen LogP contribution is 2.21. The standard InChI is InChI=1S/C21H37N5O/c1-18(19-6-8-20(27-4)9-7-19)10-11-23-21(22-2)24-12-15-26-14-5-13-25(3)16-17-26/h6-9,18H,5,10-17H2,1-4H3,(H2,22,23,24). The van der Waals surface area contributed by atoms with E-state index in [1.807, 2.05) is 19.2 Å². The van der Waals surface area contributed by atoms with Crippen LogP contribution in [0.2, 0.25) is 0 Å². The fourth-order valence-electron chi connectivity index (χ4n) is 3.38. The summed E-state index contributed by atoms with van der Waals surface area (Å²) < 4.78 is 5.23. The molecule has 1 aromatic carbocycles. The Morgan fingerprint density at radius 3 is 2.56 bits per heavy atom. The predicted molar refractivity (Wildman–Crippen MR) is 114 cm³/mol. The minimum absolute atomic E-state index is 0.496. The van der Waals surface area contributed by atoms with Gasteiger partial charge in [0.1, 0.15) is 5.75 Å². The van der Waals surface area contributed by atoms with Crippen LogP contribution in [0.15, 0.2) is 29.3 Å². The van der Waals surface area contributed by atoms with Gasteiger partial charge in [-0.25, -0.2) is 0 Å². The molecule has 0 radical (unpaired) electrons. The van der Waals surface area contributed by atoms with Gasteiger partial charge in [0.05, 0.1) is 7.11 Å². The van der Waals surface area contributed by atoms with Crippen molar-refractivity contribution >= 4 is 5.96 Å². The molecule has 0 aliphatic carbocycles. The van der Waals surface area contributed by atoms with Gasteiger partial charge in [-0.3, -0.25) is 4.99 Å². The van der Waals surface area contributed by atoms with Gasteiger partial charge in [-0.2, -0.15) is 0 Å². The minimum Gasteiger partial charge on any atom is -0.497 e. The summed E-state index contributed by atoms with van der Waals surface area (Å²) in [5.74, 6) is 2.30. The highest BCUT2D eigenvalue weighted by atomic mass is 16.5. The quantitative estimate of drug-likeness (QED) is 0.538. The highest BCUT2D eigenvalue weighted by molar-refractivity contribution is 5.79. The van der Waals surface area contributed by atoms with Crippen LogP contribution in [0, 0.1) is 0 Å². The lowest BCUT2D eigenvalue weighted by molar-refractivity contribution is 0.280. The zero-order chi connectivity index (χ0) is 19.5. The maximum Gasteiger partial charge on any atom is 0.191 e. The maximum atomic E-state index is 5.23. The third kappa shape index (κ3) is 7.77. The molecule has 0 bridgehead atoms. The van der Waals surface area contributed by atoms with Gasteiger partial charge in [0.25, 0.3) is 0 Å². The third-order valence-corrected chi connectivity index (χ3v) is 5.31. The molecule has 2 rings (SSSR count). The van der Waals surface area contributed by atoms with Crippen LogP contribution in [0.5, 0.6) is 5.75 Å². The predicted octanol–water partition coefficient (Wildman–Crippen LogP) is 1.99. The summed E-state index contributed by atoms with van der Waals surface area (Å²) in [6, 6.07) is 8.35. The molecule has 152 valence electrons. The largest absolute Gasteiger partial charge is 0.497 e. The Labute approximate surface area is 165 Å². The summed E-state index contributed by atoms with van der Waals surface area (Å²) in [6.45, 7) is 9.88. The number of rotatable bonds is 8. The van der Waals surface area contributed by atoms with Crippen LogP contribution < -0.4 is 15.4 Å². The number of nitrogens with one attached hydrogen (secondary N) is 2. The molecule has 0 spiro atoms. The smallest absolute Gasteiger partial charge is 0.191 e. The molecule has 0 aromatic heterocycles. The monoisotopic (exact) mass is 375 g/mol. The van der Waals surface area contributed by atoms with Crippen molar-refractivity contribution in [2.45, 2.75) is 25.7 Å². The molecule has 1 aliphatic heterocycles. The van der Waals surface area contributed by atoms with Crippen LogP contribution in [0.25, 0.3) is 0 Å². The Bertz CT molecular complexity index is 560. The molecule has 1 atom stereocenters. The lowest BCUT2D eigenvalue weighted by Gasteiger charge is -2.21. The lowest BCUT2D eigenvalue weighted by atomic mass is 9.98. The Balaban J connectivity index is 1.64. The highest BCUT2D eigenvalue weighted by Gasteiger charge is 2.11. The molecule has 1 heterocycles. The van der Waals surface area contributed by atoms with Crippen molar-refractivity contribution in [3.05, 3.63) is 29.8 Å². The zero-order valence-corrected chi connectivity index (χ0v) is 17.5. The number of aliphatic imine (C=N–C) groups is 1. The van der Waals surface area contributed by atoms with E-state index in [0.717, 1.165) is 50.9 Å². The zero-order valence-electron chi connectivity index (χ0n) is 17.5. The number of benzene rings is 1. The van der Waals surface area contributed by atoms with E-state index < -0.39 is 0 Å². The van der Waals surface area contributed by atoms with E-state index in [9.17, 15) is 0 Å². The van der Waals surface area contributed by atoms with Crippen molar-refractivity contribution in [1.82, 2.24) is 20.4 Å². The van der Waals surface area contributed by atoms with E-state index in [1.165, 1.54) is 25.1 Å². The van der Waals surface area contributed by atoms with Crippen molar-refractivity contribution < 1.29 is 4.74 Å². The first-order valence-electron chi connectivity index (χ1n) is 10.1. The Morgan fingerprint density at radius 2 is 1.85 bits per heavy atom. The van der Waals surface area contributed by atoms with Crippen molar-refractivity contribution in [3.63, 3.8) is 0 Å². The average Bonchev–Trinajstić information content (AvgIpc) is 2.90. The van der Waals surface area contributed by atoms with Gasteiger partial charge in [-0.05, 0) is 56.6 Å². The van der Waals surface area contributed by atoms with Gasteiger partial charge in [-0.1, -0.05) is 19.1 Å². The molecule has 1 unspecified atom stereocenters. The van der Waals surface area contributed by atoms with E-state index in [4.69, 9.17) is 4.74 Å². The first-order valence-corrected chi connectivity index (χ1v) is 10.1. The molecule has 0 amide bonds. The summed E-state index contributed by atoms with van der Waals surface area (Å²) in [6.07, 6.45) is 2.32. The molecule has 1 aromatic rings. The summed E-state index contributed by atoms with van der Waals surface area (Å²) >= 11 is 0. The second kappa shape index (κ2) is 11.8. The van der Waals surface area contributed by atoms with Crippen molar-refractivity contribution in [2.24, 2.45) is 4.99 Å². The molecular formula is C21H37N5O. The van der Waals surface area contributed by atoms with Crippen molar-refractivity contribution in [1.29, 1.82) is 0 Å². The molecule has 0 saturated carbocycles. The van der Waals surface area contributed by atoms with Crippen molar-refractivity contribution in [3.8, 4) is 5.75 Å². The fourth-order valence-corrected chi connectivity index (χ4v) is 3.38. The van der Waals surface area contributed by atoms with Gasteiger partial charge in [-0.15, -0.1) is 0 Å². The number of likely N-dealkylation sites (N-methyl/N-ethyl adjacent to an activating group) is 1. The topological polar surface area (TPSA) is 52.1 Å². The molecule has 1 fully saturated rings. The van der Waals surface area contributed by atoms with E-state index in [0.29, 0.717) is 5.92 Å². The molecule has 27 heavy (non-hydrogen) atoms. The van der Waals surface area contributed by atoms with Crippen molar-refractivity contribution in [2.75, 3.05) is 67.0 Å². The summed E-state index contributed by atoms with van der Waals surface area (Å²) in [4.78, 5) is 9.30.